The van der Waals surface area contributed by atoms with Crippen LogP contribution in [0.5, 0.6) is 0 Å². The molecule has 0 atom stereocenters. The van der Waals surface area contributed by atoms with Gasteiger partial charge >= 0.3 is 0 Å². The van der Waals surface area contributed by atoms with Gasteiger partial charge in [0.1, 0.15) is 0 Å². The average Bonchev–Trinajstić information content (AvgIpc) is 3.29. The maximum Gasteiger partial charge on any atom is 0.0747 e. The van der Waals surface area contributed by atoms with Gasteiger partial charge < -0.3 is 0 Å². The molecular formula is C27H18N2. The Labute approximate surface area is 168 Å². The summed E-state index contributed by atoms with van der Waals surface area (Å²) in [6, 6.07) is 36.6. The van der Waals surface area contributed by atoms with Gasteiger partial charge in [-0.3, -0.25) is 0 Å². The molecule has 136 valence electrons. The van der Waals surface area contributed by atoms with Crippen molar-refractivity contribution in [1.29, 1.82) is 0 Å². The Morgan fingerprint density at radius 2 is 1.21 bits per heavy atom. The van der Waals surface area contributed by atoms with Gasteiger partial charge in [-0.25, -0.2) is 4.52 Å². The van der Waals surface area contributed by atoms with Crippen LogP contribution in [0.4, 0.5) is 0 Å². The zero-order chi connectivity index (χ0) is 19.2. The molecule has 2 aromatic heterocycles. The molecule has 0 radical (unpaired) electrons. The molecule has 6 aromatic rings. The van der Waals surface area contributed by atoms with E-state index < -0.39 is 0 Å². The molecule has 0 aliphatic rings. The molecule has 0 N–H and O–H groups in total. The number of benzene rings is 4. The summed E-state index contributed by atoms with van der Waals surface area (Å²) in [5, 5.41) is 9.59. The van der Waals surface area contributed by atoms with Crippen LogP contribution in [0.3, 0.4) is 0 Å². The first-order valence-corrected chi connectivity index (χ1v) is 9.82. The predicted octanol–water partition coefficient (Wildman–Crippen LogP) is 6.97. The van der Waals surface area contributed by atoms with Crippen LogP contribution in [0.1, 0.15) is 0 Å². The summed E-state index contributed by atoms with van der Waals surface area (Å²) in [5.74, 6) is 0. The molecule has 2 nitrogen and oxygen atoms in total. The van der Waals surface area contributed by atoms with Crippen molar-refractivity contribution in [3.8, 4) is 22.4 Å². The molecule has 0 saturated carbocycles. The molecule has 29 heavy (non-hydrogen) atoms. The van der Waals surface area contributed by atoms with Gasteiger partial charge in [0.2, 0.25) is 0 Å². The SMILES string of the molecule is c1ccc(-c2cc3ccccc3cc2-c2cc3ccccc3c3ccnn23)cc1. The summed E-state index contributed by atoms with van der Waals surface area (Å²) >= 11 is 0. The number of hydrogen-bond donors (Lipinski definition) is 0. The summed E-state index contributed by atoms with van der Waals surface area (Å²) in [7, 11) is 0. The Kier molecular flexibility index (Phi) is 3.50. The van der Waals surface area contributed by atoms with Crippen molar-refractivity contribution >= 4 is 27.1 Å². The van der Waals surface area contributed by atoms with Crippen LogP contribution in [0, 0.1) is 0 Å². The fourth-order valence-corrected chi connectivity index (χ4v) is 4.26. The third-order valence-corrected chi connectivity index (χ3v) is 5.65. The standard InChI is InChI=1S/C27H18N2/c1-2-8-19(9-3-1)24-16-20-10-4-5-11-21(20)17-25(24)27-18-22-12-6-7-13-23(22)26-14-15-28-29(26)27/h1-18H. The lowest BCUT2D eigenvalue weighted by Gasteiger charge is -2.15. The topological polar surface area (TPSA) is 17.3 Å². The molecule has 0 spiro atoms. The number of nitrogens with zero attached hydrogens (tertiary/aromatic N) is 2. The largest absolute Gasteiger partial charge is 0.232 e. The van der Waals surface area contributed by atoms with Crippen molar-refractivity contribution in [2.75, 3.05) is 0 Å². The van der Waals surface area contributed by atoms with Crippen molar-refractivity contribution in [2.24, 2.45) is 0 Å². The van der Waals surface area contributed by atoms with Crippen LogP contribution >= 0.6 is 0 Å². The molecule has 2 heterocycles. The van der Waals surface area contributed by atoms with Crippen LogP contribution in [-0.4, -0.2) is 9.61 Å². The fraction of sp³-hybridized carbons (Fsp3) is 0. The molecule has 0 aliphatic carbocycles. The van der Waals surface area contributed by atoms with Gasteiger partial charge in [-0.15, -0.1) is 0 Å². The smallest absolute Gasteiger partial charge is 0.0747 e. The van der Waals surface area contributed by atoms with E-state index in [1.165, 1.54) is 38.2 Å². The average molecular weight is 370 g/mol. The first-order valence-electron chi connectivity index (χ1n) is 9.82. The van der Waals surface area contributed by atoms with Crippen molar-refractivity contribution in [3.63, 3.8) is 0 Å². The van der Waals surface area contributed by atoms with E-state index in [-0.39, 0.29) is 0 Å². The van der Waals surface area contributed by atoms with E-state index in [0.717, 1.165) is 11.2 Å². The predicted molar refractivity (Wildman–Crippen MR) is 121 cm³/mol. The lowest BCUT2D eigenvalue weighted by molar-refractivity contribution is 0.975. The molecule has 2 heteroatoms. The number of hydrogen-bond acceptors (Lipinski definition) is 1. The van der Waals surface area contributed by atoms with E-state index in [0.29, 0.717) is 0 Å². The minimum Gasteiger partial charge on any atom is -0.232 e. The van der Waals surface area contributed by atoms with Gasteiger partial charge in [-0.1, -0.05) is 78.9 Å². The quantitative estimate of drug-likeness (QED) is 0.321. The Balaban J connectivity index is 1.76. The summed E-state index contributed by atoms with van der Waals surface area (Å²) in [5.41, 5.74) is 5.85. The Bertz CT molecular complexity index is 1490. The molecule has 0 unspecified atom stereocenters. The Morgan fingerprint density at radius 1 is 0.552 bits per heavy atom. The highest BCUT2D eigenvalue weighted by Crippen LogP contribution is 2.37. The highest BCUT2D eigenvalue weighted by molar-refractivity contribution is 6.01. The number of pyridine rings is 1. The summed E-state index contributed by atoms with van der Waals surface area (Å²) in [6.07, 6.45) is 1.88. The minimum absolute atomic E-state index is 1.10. The first-order chi connectivity index (χ1) is 14.4. The van der Waals surface area contributed by atoms with Crippen molar-refractivity contribution in [2.45, 2.75) is 0 Å². The maximum atomic E-state index is 4.68. The summed E-state index contributed by atoms with van der Waals surface area (Å²) < 4.78 is 2.07. The first kappa shape index (κ1) is 16.1. The Morgan fingerprint density at radius 3 is 2.00 bits per heavy atom. The molecular weight excluding hydrogens is 352 g/mol. The van der Waals surface area contributed by atoms with Crippen LogP contribution < -0.4 is 0 Å². The van der Waals surface area contributed by atoms with E-state index >= 15 is 0 Å². The molecule has 6 rings (SSSR count). The third-order valence-electron chi connectivity index (χ3n) is 5.65. The molecule has 0 aliphatic heterocycles. The lowest BCUT2D eigenvalue weighted by atomic mass is 9.93. The van der Waals surface area contributed by atoms with Crippen molar-refractivity contribution in [1.82, 2.24) is 9.61 Å². The lowest BCUT2D eigenvalue weighted by Crippen LogP contribution is -1.97. The van der Waals surface area contributed by atoms with E-state index in [1.54, 1.807) is 0 Å². The van der Waals surface area contributed by atoms with Gasteiger partial charge in [-0.2, -0.15) is 5.10 Å². The molecule has 4 aromatic carbocycles. The molecule has 0 saturated heterocycles. The molecule has 0 bridgehead atoms. The Hall–Kier alpha value is -3.91. The van der Waals surface area contributed by atoms with E-state index in [1.807, 2.05) is 6.20 Å². The van der Waals surface area contributed by atoms with Crippen LogP contribution in [0.2, 0.25) is 0 Å². The zero-order valence-corrected chi connectivity index (χ0v) is 15.8. The fourth-order valence-electron chi connectivity index (χ4n) is 4.26. The van der Waals surface area contributed by atoms with E-state index in [9.17, 15) is 0 Å². The monoisotopic (exact) mass is 370 g/mol. The maximum absolute atomic E-state index is 4.68. The zero-order valence-electron chi connectivity index (χ0n) is 15.8. The number of rotatable bonds is 2. The van der Waals surface area contributed by atoms with Gasteiger partial charge in [0, 0.05) is 10.9 Å². The van der Waals surface area contributed by atoms with Crippen LogP contribution in [-0.2, 0) is 0 Å². The number of aromatic nitrogens is 2. The van der Waals surface area contributed by atoms with Crippen molar-refractivity contribution < 1.29 is 0 Å². The van der Waals surface area contributed by atoms with Gasteiger partial charge in [-0.05, 0) is 51.6 Å². The summed E-state index contributed by atoms with van der Waals surface area (Å²) in [6.45, 7) is 0. The third kappa shape index (κ3) is 2.54. The van der Waals surface area contributed by atoms with E-state index in [2.05, 4.69) is 113 Å². The molecule has 0 fully saturated rings. The highest BCUT2D eigenvalue weighted by atomic mass is 15.2. The minimum atomic E-state index is 1.10. The highest BCUT2D eigenvalue weighted by Gasteiger charge is 2.14. The van der Waals surface area contributed by atoms with Crippen LogP contribution in [0.15, 0.2) is 109 Å². The summed E-state index contributed by atoms with van der Waals surface area (Å²) in [4.78, 5) is 0. The second-order valence-corrected chi connectivity index (χ2v) is 7.36. The normalized spacial score (nSPS) is 11.4. The van der Waals surface area contributed by atoms with Gasteiger partial charge in [0.25, 0.3) is 0 Å². The second kappa shape index (κ2) is 6.32. The molecule has 0 amide bonds. The number of fused-ring (bicyclic) bond motifs is 4. The van der Waals surface area contributed by atoms with Gasteiger partial charge in [0.15, 0.2) is 0 Å². The van der Waals surface area contributed by atoms with Crippen LogP contribution in [0.25, 0.3) is 49.4 Å². The van der Waals surface area contributed by atoms with E-state index in [4.69, 9.17) is 0 Å². The van der Waals surface area contributed by atoms with Gasteiger partial charge in [0.05, 0.1) is 17.4 Å². The van der Waals surface area contributed by atoms with Crippen molar-refractivity contribution in [3.05, 3.63) is 109 Å². The second-order valence-electron chi connectivity index (χ2n) is 7.36.